The summed E-state index contributed by atoms with van der Waals surface area (Å²) in [7, 11) is 0. The fourth-order valence-corrected chi connectivity index (χ4v) is 5.08. The smallest absolute Gasteiger partial charge is 0.225 e. The Labute approximate surface area is 187 Å². The average Bonchev–Trinajstić information content (AvgIpc) is 3.75. The van der Waals surface area contributed by atoms with Crippen LogP contribution < -0.4 is 4.90 Å². The van der Waals surface area contributed by atoms with Crippen LogP contribution in [0.4, 0.5) is 10.1 Å². The number of nitrogens with zero attached hydrogens (tertiary/aromatic N) is 4. The van der Waals surface area contributed by atoms with E-state index in [0.29, 0.717) is 17.9 Å². The first-order valence-corrected chi connectivity index (χ1v) is 11.5. The molecule has 1 saturated heterocycles. The molecule has 0 unspecified atom stereocenters. The molecule has 0 bridgehead atoms. The van der Waals surface area contributed by atoms with Crippen molar-refractivity contribution in [1.82, 2.24) is 9.88 Å². The molecule has 0 atom stereocenters. The second kappa shape index (κ2) is 7.16. The number of carbonyl (C=O) groups excluding carboxylic acids is 1. The van der Waals surface area contributed by atoms with Gasteiger partial charge in [-0.3, -0.25) is 9.78 Å². The van der Waals surface area contributed by atoms with E-state index in [1.54, 1.807) is 6.07 Å². The highest BCUT2D eigenvalue weighted by molar-refractivity contribution is 5.92. The first kappa shape index (κ1) is 19.5. The molecule has 2 saturated carbocycles. The van der Waals surface area contributed by atoms with Crippen molar-refractivity contribution in [2.24, 2.45) is 5.92 Å². The van der Waals surface area contributed by atoms with Crippen LogP contribution in [0.1, 0.15) is 48.1 Å². The fraction of sp³-hybridized carbons (Fsp3) is 0.423. The monoisotopic (exact) mass is 428 g/mol. The first-order chi connectivity index (χ1) is 15.6. The van der Waals surface area contributed by atoms with E-state index >= 15 is 4.39 Å². The number of hydrogen-bond acceptors (Lipinski definition) is 4. The van der Waals surface area contributed by atoms with Crippen LogP contribution >= 0.6 is 0 Å². The number of benzene rings is 1. The maximum Gasteiger partial charge on any atom is 0.225 e. The second-order valence-corrected chi connectivity index (χ2v) is 9.51. The Morgan fingerprint density at radius 3 is 2.59 bits per heavy atom. The van der Waals surface area contributed by atoms with Gasteiger partial charge >= 0.3 is 0 Å². The molecular weight excluding hydrogens is 403 g/mol. The summed E-state index contributed by atoms with van der Waals surface area (Å²) in [6.45, 7) is 3.11. The fourth-order valence-electron chi connectivity index (χ4n) is 5.08. The summed E-state index contributed by atoms with van der Waals surface area (Å²) in [5, 5.41) is 9.41. The number of allylic oxidation sites excluding steroid dienone is 1. The lowest BCUT2D eigenvalue weighted by Gasteiger charge is -2.37. The predicted octanol–water partition coefficient (Wildman–Crippen LogP) is 3.93. The summed E-state index contributed by atoms with van der Waals surface area (Å²) in [6.07, 6.45) is 8.19. The number of pyridine rings is 1. The van der Waals surface area contributed by atoms with Gasteiger partial charge in [0, 0.05) is 61.5 Å². The molecule has 1 aliphatic heterocycles. The SMILES string of the molecule is N#CC1(c2ccc(C3=Cc4c(N5CCN(C(=O)C6CC6)CC5)ccnc4C3)c(F)c2)CC1. The molecule has 4 aliphatic rings. The average molecular weight is 429 g/mol. The molecule has 3 fully saturated rings. The molecule has 6 rings (SSSR count). The molecule has 5 nitrogen and oxygen atoms in total. The zero-order valence-corrected chi connectivity index (χ0v) is 18.0. The lowest BCUT2D eigenvalue weighted by Crippen LogP contribution is -2.49. The van der Waals surface area contributed by atoms with E-state index in [-0.39, 0.29) is 11.7 Å². The van der Waals surface area contributed by atoms with Crippen molar-refractivity contribution >= 4 is 23.2 Å². The van der Waals surface area contributed by atoms with Gasteiger partial charge < -0.3 is 9.80 Å². The van der Waals surface area contributed by atoms with Crippen LogP contribution in [0.15, 0.2) is 30.5 Å². The van der Waals surface area contributed by atoms with Gasteiger partial charge in [0.1, 0.15) is 5.82 Å². The zero-order chi connectivity index (χ0) is 21.9. The third-order valence-corrected chi connectivity index (χ3v) is 7.42. The van der Waals surface area contributed by atoms with Gasteiger partial charge in [-0.2, -0.15) is 5.26 Å². The van der Waals surface area contributed by atoms with E-state index in [1.807, 2.05) is 29.3 Å². The van der Waals surface area contributed by atoms with Crippen molar-refractivity contribution in [1.29, 1.82) is 5.26 Å². The van der Waals surface area contributed by atoms with Crippen molar-refractivity contribution < 1.29 is 9.18 Å². The molecule has 32 heavy (non-hydrogen) atoms. The number of fused-ring (bicyclic) bond motifs is 1. The van der Waals surface area contributed by atoms with E-state index in [2.05, 4.69) is 22.0 Å². The minimum Gasteiger partial charge on any atom is -0.367 e. The number of anilines is 1. The topological polar surface area (TPSA) is 60.2 Å². The van der Waals surface area contributed by atoms with Gasteiger partial charge in [-0.05, 0) is 55.0 Å². The van der Waals surface area contributed by atoms with E-state index in [9.17, 15) is 10.1 Å². The van der Waals surface area contributed by atoms with Crippen LogP contribution in [0, 0.1) is 23.1 Å². The third kappa shape index (κ3) is 3.19. The number of carbonyl (C=O) groups is 1. The minimum absolute atomic E-state index is 0.265. The molecule has 1 aromatic heterocycles. The Bertz CT molecular complexity index is 1180. The summed E-state index contributed by atoms with van der Waals surface area (Å²) in [5.74, 6) is 0.313. The highest BCUT2D eigenvalue weighted by atomic mass is 19.1. The standard InChI is InChI=1S/C26H25FN4O/c27-22-15-19(26(16-28)6-7-26)3-4-20(22)18-13-21-23(14-18)29-8-5-24(21)30-9-11-31(12-10-30)25(32)17-1-2-17/h3-5,8,13,15,17H,1-2,6-7,9-12,14H2. The number of halogens is 1. The largest absolute Gasteiger partial charge is 0.367 e. The Morgan fingerprint density at radius 1 is 1.16 bits per heavy atom. The van der Waals surface area contributed by atoms with Crippen LogP contribution in [0.5, 0.6) is 0 Å². The van der Waals surface area contributed by atoms with Gasteiger partial charge in [-0.15, -0.1) is 0 Å². The van der Waals surface area contributed by atoms with Crippen LogP contribution in [-0.2, 0) is 16.6 Å². The van der Waals surface area contributed by atoms with Crippen LogP contribution in [-0.4, -0.2) is 42.0 Å². The summed E-state index contributed by atoms with van der Waals surface area (Å²) in [4.78, 5) is 21.3. The molecule has 1 aromatic carbocycles. The Hall–Kier alpha value is -3.20. The number of nitriles is 1. The summed E-state index contributed by atoms with van der Waals surface area (Å²) < 4.78 is 15.0. The van der Waals surface area contributed by atoms with Crippen molar-refractivity contribution in [2.75, 3.05) is 31.1 Å². The van der Waals surface area contributed by atoms with Crippen molar-refractivity contribution in [3.8, 4) is 6.07 Å². The molecule has 0 N–H and O–H groups in total. The number of rotatable bonds is 4. The third-order valence-electron chi connectivity index (χ3n) is 7.42. The molecule has 6 heteroatoms. The zero-order valence-electron chi connectivity index (χ0n) is 18.0. The molecule has 162 valence electrons. The van der Waals surface area contributed by atoms with Crippen LogP contribution in [0.25, 0.3) is 11.6 Å². The molecular formula is C26H25FN4O. The normalized spacial score (nSPS) is 21.1. The molecule has 3 aliphatic carbocycles. The van der Waals surface area contributed by atoms with E-state index < -0.39 is 5.41 Å². The van der Waals surface area contributed by atoms with E-state index in [0.717, 1.165) is 79.9 Å². The quantitative estimate of drug-likeness (QED) is 0.740. The van der Waals surface area contributed by atoms with Crippen molar-refractivity contribution in [3.05, 3.63) is 58.7 Å². The van der Waals surface area contributed by atoms with E-state index in [4.69, 9.17) is 0 Å². The first-order valence-electron chi connectivity index (χ1n) is 11.5. The van der Waals surface area contributed by atoms with Gasteiger partial charge in [0.2, 0.25) is 5.91 Å². The molecule has 1 amide bonds. The van der Waals surface area contributed by atoms with Gasteiger partial charge in [-0.1, -0.05) is 12.1 Å². The maximum atomic E-state index is 15.0. The molecule has 2 heterocycles. The number of aromatic nitrogens is 1. The molecule has 0 spiro atoms. The van der Waals surface area contributed by atoms with Gasteiger partial charge in [0.05, 0.1) is 17.2 Å². The minimum atomic E-state index is -0.482. The maximum absolute atomic E-state index is 15.0. The summed E-state index contributed by atoms with van der Waals surface area (Å²) in [6, 6.07) is 9.64. The number of hydrogen-bond donors (Lipinski definition) is 0. The van der Waals surface area contributed by atoms with Crippen molar-refractivity contribution in [2.45, 2.75) is 37.5 Å². The molecule has 2 aromatic rings. The number of amides is 1. The second-order valence-electron chi connectivity index (χ2n) is 9.51. The Kier molecular flexibility index (Phi) is 4.36. The lowest BCUT2D eigenvalue weighted by atomic mass is 9.94. The van der Waals surface area contributed by atoms with Gasteiger partial charge in [0.25, 0.3) is 0 Å². The van der Waals surface area contributed by atoms with Gasteiger partial charge in [-0.25, -0.2) is 4.39 Å². The molecule has 0 radical (unpaired) electrons. The summed E-state index contributed by atoms with van der Waals surface area (Å²) in [5.41, 5.74) is 4.96. The predicted molar refractivity (Wildman–Crippen MR) is 120 cm³/mol. The van der Waals surface area contributed by atoms with Crippen LogP contribution in [0.3, 0.4) is 0 Å². The lowest BCUT2D eigenvalue weighted by molar-refractivity contribution is -0.132. The Balaban J connectivity index is 1.24. The highest BCUT2D eigenvalue weighted by Crippen LogP contribution is 2.48. The highest BCUT2D eigenvalue weighted by Gasteiger charge is 2.45. The van der Waals surface area contributed by atoms with E-state index in [1.165, 1.54) is 0 Å². The van der Waals surface area contributed by atoms with Gasteiger partial charge in [0.15, 0.2) is 0 Å². The van der Waals surface area contributed by atoms with Crippen LogP contribution in [0.2, 0.25) is 0 Å². The summed E-state index contributed by atoms with van der Waals surface area (Å²) >= 11 is 0. The Morgan fingerprint density at radius 2 is 1.94 bits per heavy atom. The van der Waals surface area contributed by atoms with Crippen molar-refractivity contribution in [3.63, 3.8) is 0 Å². The number of piperazine rings is 1.